The molecule has 1 aliphatic heterocycles. The first-order valence-corrected chi connectivity index (χ1v) is 7.82. The summed E-state index contributed by atoms with van der Waals surface area (Å²) in [7, 11) is 0. The summed E-state index contributed by atoms with van der Waals surface area (Å²) in [4.78, 5) is 26.2. The minimum absolute atomic E-state index is 0.00969. The molecule has 0 radical (unpaired) electrons. The van der Waals surface area contributed by atoms with Gasteiger partial charge in [-0.2, -0.15) is 0 Å². The Labute approximate surface area is 136 Å². The summed E-state index contributed by atoms with van der Waals surface area (Å²) in [5.41, 5.74) is 3.03. The summed E-state index contributed by atoms with van der Waals surface area (Å²) in [6.07, 6.45) is 0.272. The van der Waals surface area contributed by atoms with Crippen LogP contribution in [-0.2, 0) is 16.1 Å². The van der Waals surface area contributed by atoms with Gasteiger partial charge in [0.05, 0.1) is 5.92 Å². The van der Waals surface area contributed by atoms with Crippen LogP contribution >= 0.6 is 0 Å². The Morgan fingerprint density at radius 1 is 1.17 bits per heavy atom. The molecule has 0 bridgehead atoms. The number of hydrogen-bond donors (Lipinski definition) is 1. The maximum absolute atomic E-state index is 12.3. The first-order chi connectivity index (χ1) is 11.1. The molecule has 4 nitrogen and oxygen atoms in total. The third-order valence-corrected chi connectivity index (χ3v) is 4.12. The van der Waals surface area contributed by atoms with E-state index in [1.807, 2.05) is 61.5 Å². The molecule has 4 heteroatoms. The Morgan fingerprint density at radius 3 is 2.70 bits per heavy atom. The second kappa shape index (κ2) is 6.65. The fraction of sp³-hybridized carbons (Fsp3) is 0.263. The first kappa shape index (κ1) is 15.3. The van der Waals surface area contributed by atoms with Gasteiger partial charge in [-0.15, -0.1) is 0 Å². The number of aryl methyl sites for hydroxylation is 1. The number of benzene rings is 2. The zero-order valence-corrected chi connectivity index (χ0v) is 13.2. The topological polar surface area (TPSA) is 49.4 Å². The van der Waals surface area contributed by atoms with Crippen LogP contribution in [0.1, 0.15) is 17.5 Å². The van der Waals surface area contributed by atoms with Gasteiger partial charge >= 0.3 is 0 Å². The van der Waals surface area contributed by atoms with E-state index in [9.17, 15) is 9.59 Å². The fourth-order valence-electron chi connectivity index (χ4n) is 2.86. The van der Waals surface area contributed by atoms with Gasteiger partial charge in [0.15, 0.2) is 0 Å². The normalized spacial score (nSPS) is 17.3. The van der Waals surface area contributed by atoms with Crippen molar-refractivity contribution in [1.82, 2.24) is 5.32 Å². The van der Waals surface area contributed by atoms with Crippen molar-refractivity contribution in [3.05, 3.63) is 65.7 Å². The third-order valence-electron chi connectivity index (χ3n) is 4.12. The molecule has 2 aromatic carbocycles. The SMILES string of the molecule is Cc1cccc(N2C[C@@H](C(=O)NCc3ccccc3)CC2=O)c1. The van der Waals surface area contributed by atoms with Gasteiger partial charge in [-0.3, -0.25) is 9.59 Å². The fourth-order valence-corrected chi connectivity index (χ4v) is 2.86. The molecule has 1 N–H and O–H groups in total. The predicted molar refractivity (Wildman–Crippen MR) is 89.9 cm³/mol. The van der Waals surface area contributed by atoms with Crippen molar-refractivity contribution in [2.45, 2.75) is 19.9 Å². The Balaban J connectivity index is 1.62. The molecule has 0 aliphatic carbocycles. The largest absolute Gasteiger partial charge is 0.352 e. The minimum Gasteiger partial charge on any atom is -0.352 e. The molecule has 23 heavy (non-hydrogen) atoms. The van der Waals surface area contributed by atoms with Crippen LogP contribution in [0.3, 0.4) is 0 Å². The van der Waals surface area contributed by atoms with Crippen molar-refractivity contribution in [1.29, 1.82) is 0 Å². The summed E-state index contributed by atoms with van der Waals surface area (Å²) in [6, 6.07) is 17.6. The van der Waals surface area contributed by atoms with Crippen molar-refractivity contribution in [3.8, 4) is 0 Å². The molecule has 118 valence electrons. The van der Waals surface area contributed by atoms with Crippen LogP contribution in [0.2, 0.25) is 0 Å². The monoisotopic (exact) mass is 308 g/mol. The number of carbonyl (C=O) groups excluding carboxylic acids is 2. The number of nitrogens with zero attached hydrogens (tertiary/aromatic N) is 1. The molecular weight excluding hydrogens is 288 g/mol. The van der Waals surface area contributed by atoms with Gasteiger partial charge in [-0.05, 0) is 30.2 Å². The Hall–Kier alpha value is -2.62. The number of hydrogen-bond acceptors (Lipinski definition) is 2. The van der Waals surface area contributed by atoms with Gasteiger partial charge in [0, 0.05) is 25.2 Å². The summed E-state index contributed by atoms with van der Waals surface area (Å²) >= 11 is 0. The molecule has 0 unspecified atom stereocenters. The molecule has 0 aromatic heterocycles. The lowest BCUT2D eigenvalue weighted by atomic mass is 10.1. The van der Waals surface area contributed by atoms with Crippen molar-refractivity contribution < 1.29 is 9.59 Å². The van der Waals surface area contributed by atoms with Crippen molar-refractivity contribution in [2.75, 3.05) is 11.4 Å². The lowest BCUT2D eigenvalue weighted by Gasteiger charge is -2.17. The molecule has 2 amide bonds. The third kappa shape index (κ3) is 3.59. The average molecular weight is 308 g/mol. The molecule has 2 aromatic rings. The summed E-state index contributed by atoms with van der Waals surface area (Å²) in [6.45, 7) is 2.94. The molecule has 0 saturated carbocycles. The van der Waals surface area contributed by atoms with E-state index in [2.05, 4.69) is 5.32 Å². The van der Waals surface area contributed by atoms with Crippen molar-refractivity contribution >= 4 is 17.5 Å². The van der Waals surface area contributed by atoms with E-state index in [0.29, 0.717) is 13.1 Å². The van der Waals surface area contributed by atoms with E-state index in [1.54, 1.807) is 4.90 Å². The van der Waals surface area contributed by atoms with Crippen LogP contribution in [0.4, 0.5) is 5.69 Å². The van der Waals surface area contributed by atoms with E-state index >= 15 is 0 Å². The van der Waals surface area contributed by atoms with E-state index in [0.717, 1.165) is 16.8 Å². The van der Waals surface area contributed by atoms with Crippen molar-refractivity contribution in [3.63, 3.8) is 0 Å². The van der Waals surface area contributed by atoms with E-state index < -0.39 is 0 Å². The molecule has 1 fully saturated rings. The van der Waals surface area contributed by atoms with Gasteiger partial charge < -0.3 is 10.2 Å². The zero-order valence-electron chi connectivity index (χ0n) is 13.2. The number of amides is 2. The maximum Gasteiger partial charge on any atom is 0.227 e. The van der Waals surface area contributed by atoms with Crippen LogP contribution in [0.5, 0.6) is 0 Å². The molecule has 3 rings (SSSR count). The minimum atomic E-state index is -0.285. The van der Waals surface area contributed by atoms with Crippen LogP contribution in [0, 0.1) is 12.8 Å². The van der Waals surface area contributed by atoms with Gasteiger partial charge in [0.2, 0.25) is 11.8 Å². The van der Waals surface area contributed by atoms with Crippen LogP contribution in [-0.4, -0.2) is 18.4 Å². The Bertz CT molecular complexity index is 712. The van der Waals surface area contributed by atoms with Crippen molar-refractivity contribution in [2.24, 2.45) is 5.92 Å². The van der Waals surface area contributed by atoms with E-state index in [-0.39, 0.29) is 24.2 Å². The molecule has 0 spiro atoms. The molecule has 1 heterocycles. The molecular formula is C19H20N2O2. The first-order valence-electron chi connectivity index (χ1n) is 7.82. The highest BCUT2D eigenvalue weighted by atomic mass is 16.2. The highest BCUT2D eigenvalue weighted by Gasteiger charge is 2.34. The smallest absolute Gasteiger partial charge is 0.227 e. The second-order valence-corrected chi connectivity index (χ2v) is 5.95. The standard InChI is InChI=1S/C19H20N2O2/c1-14-6-5-9-17(10-14)21-13-16(11-18(21)22)19(23)20-12-15-7-3-2-4-8-15/h2-10,16H,11-13H2,1H3,(H,20,23)/t16-/m0/s1. The van der Waals surface area contributed by atoms with Crippen LogP contribution in [0.15, 0.2) is 54.6 Å². The predicted octanol–water partition coefficient (Wildman–Crippen LogP) is 2.66. The molecule has 1 saturated heterocycles. The number of nitrogens with one attached hydrogen (secondary N) is 1. The van der Waals surface area contributed by atoms with Gasteiger partial charge in [0.25, 0.3) is 0 Å². The second-order valence-electron chi connectivity index (χ2n) is 5.95. The molecule has 1 aliphatic rings. The van der Waals surface area contributed by atoms with E-state index in [4.69, 9.17) is 0 Å². The maximum atomic E-state index is 12.3. The summed E-state index contributed by atoms with van der Waals surface area (Å²) < 4.78 is 0. The highest BCUT2D eigenvalue weighted by Crippen LogP contribution is 2.25. The number of carbonyl (C=O) groups is 2. The zero-order chi connectivity index (χ0) is 16.2. The molecule has 1 atom stereocenters. The Kier molecular flexibility index (Phi) is 4.42. The number of rotatable bonds is 4. The lowest BCUT2D eigenvalue weighted by molar-refractivity contribution is -0.126. The lowest BCUT2D eigenvalue weighted by Crippen LogP contribution is -2.32. The van der Waals surface area contributed by atoms with Crippen LogP contribution in [0.25, 0.3) is 0 Å². The average Bonchev–Trinajstić information content (AvgIpc) is 2.95. The van der Waals surface area contributed by atoms with Crippen LogP contribution < -0.4 is 10.2 Å². The quantitative estimate of drug-likeness (QED) is 0.944. The Morgan fingerprint density at radius 2 is 1.96 bits per heavy atom. The van der Waals surface area contributed by atoms with Gasteiger partial charge in [-0.1, -0.05) is 42.5 Å². The van der Waals surface area contributed by atoms with E-state index in [1.165, 1.54) is 0 Å². The summed E-state index contributed by atoms with van der Waals surface area (Å²) in [5.74, 6) is -0.334. The number of anilines is 1. The highest BCUT2D eigenvalue weighted by molar-refractivity contribution is 6.00. The summed E-state index contributed by atoms with van der Waals surface area (Å²) in [5, 5.41) is 2.93. The van der Waals surface area contributed by atoms with Gasteiger partial charge in [0.1, 0.15) is 0 Å². The van der Waals surface area contributed by atoms with Gasteiger partial charge in [-0.25, -0.2) is 0 Å².